The molecule has 3 aromatic carbocycles. The molecule has 1 aliphatic heterocycles. The summed E-state index contributed by atoms with van der Waals surface area (Å²) < 4.78 is 11.0. The molecule has 1 aliphatic carbocycles. The summed E-state index contributed by atoms with van der Waals surface area (Å²) >= 11 is 0. The summed E-state index contributed by atoms with van der Waals surface area (Å²) in [6.07, 6.45) is -0.626. The molecule has 0 radical (unpaired) electrons. The number of carboxylic acid groups (broad SMARTS) is 1. The van der Waals surface area contributed by atoms with Crippen LogP contribution in [0.5, 0.6) is 0 Å². The first-order chi connectivity index (χ1) is 20.3. The molecule has 1 saturated heterocycles. The lowest BCUT2D eigenvalue weighted by Gasteiger charge is -2.38. The van der Waals surface area contributed by atoms with Crippen LogP contribution in [0.1, 0.15) is 48.8 Å². The monoisotopic (exact) mass is 570 g/mol. The number of rotatable bonds is 9. The van der Waals surface area contributed by atoms with Gasteiger partial charge in [-0.05, 0) is 47.6 Å². The van der Waals surface area contributed by atoms with Crippen LogP contribution in [0.25, 0.3) is 11.1 Å². The van der Waals surface area contributed by atoms with Gasteiger partial charge in [-0.3, -0.25) is 14.4 Å². The quantitative estimate of drug-likeness (QED) is 0.357. The molecule has 2 unspecified atom stereocenters. The van der Waals surface area contributed by atoms with Gasteiger partial charge in [0, 0.05) is 18.5 Å². The number of hydrogen-bond donors (Lipinski definition) is 2. The molecule has 9 nitrogen and oxygen atoms in total. The molecule has 3 aromatic rings. The zero-order valence-corrected chi connectivity index (χ0v) is 23.4. The summed E-state index contributed by atoms with van der Waals surface area (Å²) in [5.74, 6) is -2.73. The van der Waals surface area contributed by atoms with Gasteiger partial charge in [0.2, 0.25) is 5.91 Å². The molecule has 42 heavy (non-hydrogen) atoms. The molecule has 9 heteroatoms. The van der Waals surface area contributed by atoms with Gasteiger partial charge in [0.15, 0.2) is 0 Å². The first-order valence-corrected chi connectivity index (χ1v) is 14.2. The minimum atomic E-state index is -1.23. The number of nitrogens with zero attached hydrogens (tertiary/aromatic N) is 1. The molecule has 2 N–H and O–H groups in total. The number of alkyl carbamates (subject to hydrolysis) is 1. The van der Waals surface area contributed by atoms with Crippen molar-refractivity contribution in [2.75, 3.05) is 13.2 Å². The molecule has 0 saturated carbocycles. The van der Waals surface area contributed by atoms with E-state index >= 15 is 0 Å². The van der Waals surface area contributed by atoms with Gasteiger partial charge in [-0.15, -0.1) is 0 Å². The Labute approximate surface area is 244 Å². The maximum atomic E-state index is 13.6. The summed E-state index contributed by atoms with van der Waals surface area (Å²) in [7, 11) is 0. The zero-order valence-electron chi connectivity index (χ0n) is 23.4. The molecule has 0 aromatic heterocycles. The van der Waals surface area contributed by atoms with Crippen molar-refractivity contribution in [2.24, 2.45) is 5.92 Å². The number of carboxylic acids is 1. The molecule has 0 bridgehead atoms. The number of esters is 1. The van der Waals surface area contributed by atoms with Crippen molar-refractivity contribution in [3.8, 4) is 11.1 Å². The van der Waals surface area contributed by atoms with E-state index in [-0.39, 0.29) is 44.6 Å². The van der Waals surface area contributed by atoms with Crippen molar-refractivity contribution in [1.82, 2.24) is 10.2 Å². The van der Waals surface area contributed by atoms with Crippen molar-refractivity contribution in [1.29, 1.82) is 0 Å². The average molecular weight is 571 g/mol. The Balaban J connectivity index is 1.26. The topological polar surface area (TPSA) is 122 Å². The van der Waals surface area contributed by atoms with Crippen molar-refractivity contribution in [3.05, 3.63) is 95.6 Å². The van der Waals surface area contributed by atoms with Gasteiger partial charge in [-0.1, -0.05) is 78.9 Å². The maximum absolute atomic E-state index is 13.6. The summed E-state index contributed by atoms with van der Waals surface area (Å²) in [5, 5.41) is 12.0. The molecular formula is C33H34N2O7. The fourth-order valence-corrected chi connectivity index (χ4v) is 5.87. The van der Waals surface area contributed by atoms with E-state index in [9.17, 15) is 24.3 Å². The Hall–Kier alpha value is -4.66. The van der Waals surface area contributed by atoms with E-state index in [0.717, 1.165) is 27.8 Å². The van der Waals surface area contributed by atoms with E-state index in [4.69, 9.17) is 9.47 Å². The largest absolute Gasteiger partial charge is 0.481 e. The molecule has 218 valence electrons. The third-order valence-corrected chi connectivity index (χ3v) is 8.06. The van der Waals surface area contributed by atoms with E-state index in [1.807, 2.05) is 78.9 Å². The summed E-state index contributed by atoms with van der Waals surface area (Å²) in [5.41, 5.74) is 5.09. The summed E-state index contributed by atoms with van der Waals surface area (Å²) in [4.78, 5) is 52.5. The standard InChI is InChI=1S/C33H34N2O7/c1-21-17-23(32(38)39)15-16-35(21)31(37)29(18-30(36)41-19-22-9-3-2-4-10-22)34-33(40)42-20-28-26-13-7-5-11-24(26)25-12-6-8-14-27(25)28/h2-14,21,23,28-29H,15-20H2,1H3,(H,34,40)(H,38,39)/t21?,23?,29-/m0/s1. The number of benzene rings is 3. The van der Waals surface area contributed by atoms with Crippen LogP contribution >= 0.6 is 0 Å². The maximum Gasteiger partial charge on any atom is 0.407 e. The lowest BCUT2D eigenvalue weighted by Crippen LogP contribution is -2.55. The molecular weight excluding hydrogens is 536 g/mol. The van der Waals surface area contributed by atoms with E-state index in [1.165, 1.54) is 4.90 Å². The van der Waals surface area contributed by atoms with Crippen LogP contribution < -0.4 is 5.32 Å². The fraction of sp³-hybridized carbons (Fsp3) is 0.333. The zero-order chi connectivity index (χ0) is 29.6. The molecule has 5 rings (SSSR count). The highest BCUT2D eigenvalue weighted by Gasteiger charge is 2.37. The van der Waals surface area contributed by atoms with E-state index in [1.54, 1.807) is 6.92 Å². The van der Waals surface area contributed by atoms with Crippen LogP contribution in [0.4, 0.5) is 4.79 Å². The van der Waals surface area contributed by atoms with Gasteiger partial charge < -0.3 is 24.8 Å². The van der Waals surface area contributed by atoms with E-state index in [0.29, 0.717) is 6.42 Å². The fourth-order valence-electron chi connectivity index (χ4n) is 5.87. The van der Waals surface area contributed by atoms with Crippen molar-refractivity contribution >= 4 is 23.9 Å². The highest BCUT2D eigenvalue weighted by Crippen LogP contribution is 2.44. The molecule has 1 heterocycles. The van der Waals surface area contributed by atoms with Gasteiger partial charge in [0.05, 0.1) is 12.3 Å². The second kappa shape index (κ2) is 12.9. The van der Waals surface area contributed by atoms with E-state index < -0.39 is 35.9 Å². The molecule has 0 spiro atoms. The first kappa shape index (κ1) is 28.9. The highest BCUT2D eigenvalue weighted by atomic mass is 16.5. The summed E-state index contributed by atoms with van der Waals surface area (Å²) in [6.45, 7) is 2.07. The lowest BCUT2D eigenvalue weighted by molar-refractivity contribution is -0.151. The third-order valence-electron chi connectivity index (χ3n) is 8.06. The van der Waals surface area contributed by atoms with Gasteiger partial charge in [0.1, 0.15) is 19.3 Å². The smallest absolute Gasteiger partial charge is 0.407 e. The van der Waals surface area contributed by atoms with Crippen molar-refractivity contribution in [2.45, 2.75) is 50.8 Å². The van der Waals surface area contributed by atoms with Gasteiger partial charge in [-0.2, -0.15) is 0 Å². The second-order valence-corrected chi connectivity index (χ2v) is 10.8. The third kappa shape index (κ3) is 6.46. The average Bonchev–Trinajstić information content (AvgIpc) is 3.32. The molecule has 3 atom stereocenters. The second-order valence-electron chi connectivity index (χ2n) is 10.8. The number of likely N-dealkylation sites (tertiary alicyclic amines) is 1. The van der Waals surface area contributed by atoms with Gasteiger partial charge in [-0.25, -0.2) is 4.79 Å². The number of nitrogens with one attached hydrogen (secondary N) is 1. The number of carbonyl (C=O) groups excluding carboxylic acids is 3. The predicted molar refractivity (Wildman–Crippen MR) is 154 cm³/mol. The molecule has 1 fully saturated rings. The number of amides is 2. The highest BCUT2D eigenvalue weighted by molar-refractivity contribution is 5.90. The van der Waals surface area contributed by atoms with Gasteiger partial charge in [0.25, 0.3) is 0 Å². The molecule has 2 amide bonds. The lowest BCUT2D eigenvalue weighted by atomic mass is 9.91. The number of aliphatic carboxylic acids is 1. The van der Waals surface area contributed by atoms with Crippen LogP contribution in [0.2, 0.25) is 0 Å². The number of hydrogen-bond acceptors (Lipinski definition) is 6. The first-order valence-electron chi connectivity index (χ1n) is 14.2. The molecule has 2 aliphatic rings. The van der Waals surface area contributed by atoms with Crippen LogP contribution in [-0.2, 0) is 30.5 Å². The number of piperidine rings is 1. The van der Waals surface area contributed by atoms with Crippen molar-refractivity contribution in [3.63, 3.8) is 0 Å². The Kier molecular flexibility index (Phi) is 8.85. The Morgan fingerprint density at radius 1 is 0.905 bits per heavy atom. The van der Waals surface area contributed by atoms with E-state index in [2.05, 4.69) is 5.32 Å². The minimum Gasteiger partial charge on any atom is -0.481 e. The SMILES string of the molecule is CC1CC(C(=O)O)CCN1C(=O)[C@H](CC(=O)OCc1ccccc1)NC(=O)OCC1c2ccccc2-c2ccccc21. The predicted octanol–water partition coefficient (Wildman–Crippen LogP) is 4.74. The van der Waals surface area contributed by atoms with Crippen LogP contribution in [0.3, 0.4) is 0 Å². The minimum absolute atomic E-state index is 0.0337. The van der Waals surface area contributed by atoms with Crippen LogP contribution in [-0.4, -0.2) is 59.2 Å². The van der Waals surface area contributed by atoms with Crippen LogP contribution in [0.15, 0.2) is 78.9 Å². The number of carbonyl (C=O) groups is 4. The normalized spacial score (nSPS) is 18.4. The number of fused-ring (bicyclic) bond motifs is 3. The van der Waals surface area contributed by atoms with Gasteiger partial charge >= 0.3 is 18.0 Å². The Morgan fingerprint density at radius 2 is 1.52 bits per heavy atom. The number of ether oxygens (including phenoxy) is 2. The van der Waals surface area contributed by atoms with Crippen LogP contribution in [0, 0.1) is 5.92 Å². The summed E-state index contributed by atoms with van der Waals surface area (Å²) in [6, 6.07) is 23.5. The Bertz CT molecular complexity index is 1410. The Morgan fingerprint density at radius 3 is 2.14 bits per heavy atom. The van der Waals surface area contributed by atoms with Crippen molar-refractivity contribution < 1.29 is 33.8 Å².